The molecule has 0 heterocycles. The topological polar surface area (TPSA) is 63.2 Å². The number of amides is 1. The maximum Gasteiger partial charge on any atom is 0.261 e. The van der Waals surface area contributed by atoms with Crippen LogP contribution in [0.2, 0.25) is 0 Å². The zero-order valence-corrected chi connectivity index (χ0v) is 13.8. The van der Waals surface area contributed by atoms with Gasteiger partial charge in [-0.05, 0) is 62.3 Å². The molecule has 4 nitrogen and oxygen atoms in total. The molecule has 0 unspecified atom stereocenters. The van der Waals surface area contributed by atoms with E-state index in [-0.39, 0.29) is 16.8 Å². The minimum absolute atomic E-state index is 0.0182. The number of rotatable bonds is 3. The molecule has 0 atom stereocenters. The van der Waals surface area contributed by atoms with Crippen LogP contribution in [0.4, 0.5) is 0 Å². The van der Waals surface area contributed by atoms with E-state index < -0.39 is 9.05 Å². The molecule has 0 bridgehead atoms. The van der Waals surface area contributed by atoms with E-state index in [4.69, 9.17) is 10.7 Å². The third-order valence-corrected chi connectivity index (χ3v) is 5.43. The van der Waals surface area contributed by atoms with Gasteiger partial charge >= 0.3 is 0 Å². The van der Waals surface area contributed by atoms with Gasteiger partial charge in [0.1, 0.15) is 0 Å². The van der Waals surface area contributed by atoms with Gasteiger partial charge in [0.2, 0.25) is 0 Å². The van der Waals surface area contributed by atoms with Crippen LogP contribution in [-0.4, -0.2) is 20.4 Å². The number of carbonyl (C=O) groups excluding carboxylic acids is 1. The van der Waals surface area contributed by atoms with E-state index in [2.05, 4.69) is 12.2 Å². The molecule has 6 heteroatoms. The summed E-state index contributed by atoms with van der Waals surface area (Å²) in [6.45, 7) is 3.94. The molecule has 1 aromatic rings. The van der Waals surface area contributed by atoms with E-state index in [1.807, 2.05) is 0 Å². The maximum absolute atomic E-state index is 12.3. The molecule has 0 radical (unpaired) electrons. The molecule has 21 heavy (non-hydrogen) atoms. The van der Waals surface area contributed by atoms with Crippen molar-refractivity contribution in [2.45, 2.75) is 50.5 Å². The number of hydrogen-bond acceptors (Lipinski definition) is 3. The van der Waals surface area contributed by atoms with E-state index in [1.54, 1.807) is 6.92 Å². The summed E-state index contributed by atoms with van der Waals surface area (Å²) in [4.78, 5) is 12.3. The third-order valence-electron chi connectivity index (χ3n) is 4.08. The van der Waals surface area contributed by atoms with Gasteiger partial charge in [-0.1, -0.05) is 6.92 Å². The first-order valence-electron chi connectivity index (χ1n) is 7.13. The van der Waals surface area contributed by atoms with Crippen LogP contribution in [-0.2, 0) is 9.05 Å². The first-order valence-corrected chi connectivity index (χ1v) is 9.44. The number of hydrogen-bond donors (Lipinski definition) is 1. The minimum atomic E-state index is -3.76. The lowest BCUT2D eigenvalue weighted by molar-refractivity contribution is 0.0922. The summed E-state index contributed by atoms with van der Waals surface area (Å²) in [6.07, 6.45) is 4.26. The molecule has 1 saturated carbocycles. The number of halogens is 1. The van der Waals surface area contributed by atoms with Crippen LogP contribution in [0.1, 0.15) is 48.5 Å². The van der Waals surface area contributed by atoms with Gasteiger partial charge < -0.3 is 5.32 Å². The van der Waals surface area contributed by atoms with Crippen molar-refractivity contribution in [3.8, 4) is 0 Å². The van der Waals surface area contributed by atoms with Crippen LogP contribution < -0.4 is 5.32 Å². The third kappa shape index (κ3) is 4.20. The molecule has 1 aliphatic carbocycles. The van der Waals surface area contributed by atoms with Crippen LogP contribution in [0, 0.1) is 12.8 Å². The molecule has 0 spiro atoms. The Balaban J connectivity index is 2.09. The van der Waals surface area contributed by atoms with Crippen molar-refractivity contribution < 1.29 is 13.2 Å². The van der Waals surface area contributed by atoms with Gasteiger partial charge in [-0.25, -0.2) is 8.42 Å². The maximum atomic E-state index is 12.3. The Bertz CT molecular complexity index is 634. The zero-order chi connectivity index (χ0) is 15.6. The van der Waals surface area contributed by atoms with Crippen LogP contribution in [0.5, 0.6) is 0 Å². The summed E-state index contributed by atoms with van der Waals surface area (Å²) in [5.74, 6) is 0.582. The van der Waals surface area contributed by atoms with Crippen LogP contribution in [0.3, 0.4) is 0 Å². The van der Waals surface area contributed by atoms with Crippen LogP contribution in [0.25, 0.3) is 0 Å². The highest BCUT2D eigenvalue weighted by Crippen LogP contribution is 2.24. The Morgan fingerprint density at radius 3 is 2.38 bits per heavy atom. The lowest BCUT2D eigenvalue weighted by Gasteiger charge is -2.27. The first kappa shape index (κ1) is 16.3. The predicted octanol–water partition coefficient (Wildman–Crippen LogP) is 3.23. The molecule has 1 aromatic carbocycles. The van der Waals surface area contributed by atoms with E-state index in [0.29, 0.717) is 11.1 Å². The zero-order valence-electron chi connectivity index (χ0n) is 12.2. The molecule has 1 N–H and O–H groups in total. The number of carbonyl (C=O) groups is 1. The van der Waals surface area contributed by atoms with Crippen molar-refractivity contribution in [1.29, 1.82) is 0 Å². The summed E-state index contributed by atoms with van der Waals surface area (Å²) >= 11 is 0. The van der Waals surface area contributed by atoms with Gasteiger partial charge in [0.25, 0.3) is 15.0 Å². The standard InChI is InChI=1S/C15H20ClNO3S/c1-10-3-5-12(6-4-10)17-15(18)14-8-7-13(9-11(14)2)21(16,19)20/h7-10,12H,3-6H2,1-2H3,(H,17,18). The minimum Gasteiger partial charge on any atom is -0.349 e. The Hall–Kier alpha value is -1.07. The second-order valence-electron chi connectivity index (χ2n) is 5.84. The summed E-state index contributed by atoms with van der Waals surface area (Å²) < 4.78 is 22.6. The van der Waals surface area contributed by atoms with E-state index >= 15 is 0 Å². The van der Waals surface area contributed by atoms with Gasteiger partial charge in [-0.2, -0.15) is 0 Å². The second-order valence-corrected chi connectivity index (χ2v) is 8.41. The average Bonchev–Trinajstić information content (AvgIpc) is 2.40. The van der Waals surface area contributed by atoms with Crippen molar-refractivity contribution in [2.24, 2.45) is 5.92 Å². The Labute approximate surface area is 130 Å². The van der Waals surface area contributed by atoms with Gasteiger partial charge in [0.15, 0.2) is 0 Å². The highest BCUT2D eigenvalue weighted by atomic mass is 35.7. The largest absolute Gasteiger partial charge is 0.349 e. The molecule has 0 aliphatic heterocycles. The lowest BCUT2D eigenvalue weighted by atomic mass is 9.87. The second kappa shape index (κ2) is 6.36. The van der Waals surface area contributed by atoms with E-state index in [9.17, 15) is 13.2 Å². The normalized spacial score (nSPS) is 22.8. The van der Waals surface area contributed by atoms with Gasteiger partial charge in [-0.3, -0.25) is 4.79 Å². The smallest absolute Gasteiger partial charge is 0.261 e. The molecular formula is C15H20ClNO3S. The van der Waals surface area contributed by atoms with Crippen molar-refractivity contribution in [2.75, 3.05) is 0 Å². The molecule has 2 rings (SSSR count). The summed E-state index contributed by atoms with van der Waals surface area (Å²) in [5.41, 5.74) is 1.11. The Morgan fingerprint density at radius 1 is 1.24 bits per heavy atom. The quantitative estimate of drug-likeness (QED) is 0.866. The summed E-state index contributed by atoms with van der Waals surface area (Å²) in [6, 6.07) is 4.53. The fourth-order valence-electron chi connectivity index (χ4n) is 2.71. The fourth-order valence-corrected chi connectivity index (χ4v) is 3.55. The van der Waals surface area contributed by atoms with Crippen LogP contribution >= 0.6 is 10.7 Å². The number of nitrogens with one attached hydrogen (secondary N) is 1. The van der Waals surface area contributed by atoms with Crippen molar-refractivity contribution in [3.63, 3.8) is 0 Å². The number of benzene rings is 1. The molecule has 1 aliphatic rings. The van der Waals surface area contributed by atoms with Crippen molar-refractivity contribution in [1.82, 2.24) is 5.32 Å². The monoisotopic (exact) mass is 329 g/mol. The SMILES string of the molecule is Cc1cc(S(=O)(=O)Cl)ccc1C(=O)NC1CCC(C)CC1. The summed E-state index contributed by atoms with van der Waals surface area (Å²) in [5, 5.41) is 3.03. The van der Waals surface area contributed by atoms with Crippen molar-refractivity contribution in [3.05, 3.63) is 29.3 Å². The number of aryl methyl sites for hydroxylation is 1. The molecular weight excluding hydrogens is 310 g/mol. The van der Waals surface area contributed by atoms with Crippen molar-refractivity contribution >= 4 is 25.6 Å². The Morgan fingerprint density at radius 2 is 1.86 bits per heavy atom. The average molecular weight is 330 g/mol. The Kier molecular flexibility index (Phi) is 4.94. The predicted molar refractivity (Wildman–Crippen MR) is 83.1 cm³/mol. The highest BCUT2D eigenvalue weighted by Gasteiger charge is 2.21. The molecule has 1 amide bonds. The highest BCUT2D eigenvalue weighted by molar-refractivity contribution is 8.13. The lowest BCUT2D eigenvalue weighted by Crippen LogP contribution is -2.37. The molecule has 0 saturated heterocycles. The van der Waals surface area contributed by atoms with Gasteiger partial charge in [0, 0.05) is 22.3 Å². The van der Waals surface area contributed by atoms with E-state index in [1.165, 1.54) is 18.2 Å². The van der Waals surface area contributed by atoms with E-state index in [0.717, 1.165) is 31.6 Å². The molecule has 1 fully saturated rings. The first-order chi connectivity index (χ1) is 9.77. The summed E-state index contributed by atoms with van der Waals surface area (Å²) in [7, 11) is 1.54. The van der Waals surface area contributed by atoms with Crippen LogP contribution in [0.15, 0.2) is 23.1 Å². The van der Waals surface area contributed by atoms with Gasteiger partial charge in [0.05, 0.1) is 4.90 Å². The fraction of sp³-hybridized carbons (Fsp3) is 0.533. The molecule has 0 aromatic heterocycles. The van der Waals surface area contributed by atoms with Gasteiger partial charge in [-0.15, -0.1) is 0 Å². The molecule has 116 valence electrons.